The van der Waals surface area contributed by atoms with Gasteiger partial charge in [-0.15, -0.1) is 0 Å². The van der Waals surface area contributed by atoms with Crippen LogP contribution in [0.3, 0.4) is 0 Å². The van der Waals surface area contributed by atoms with Crippen LogP contribution >= 0.6 is 0 Å². The van der Waals surface area contributed by atoms with Gasteiger partial charge in [0.25, 0.3) is 11.8 Å². The molecule has 7 nitrogen and oxygen atoms in total. The number of methoxy groups -OCH3 is 1. The van der Waals surface area contributed by atoms with Gasteiger partial charge in [-0.25, -0.2) is 0 Å². The fourth-order valence-electron chi connectivity index (χ4n) is 1.80. The molecule has 2 N–H and O–H groups in total. The molecular weight excluding hydrogens is 300 g/mol. The predicted molar refractivity (Wildman–Crippen MR) is 81.4 cm³/mol. The summed E-state index contributed by atoms with van der Waals surface area (Å²) >= 11 is 0. The summed E-state index contributed by atoms with van der Waals surface area (Å²) in [6.07, 6.45) is 1.39. The van der Waals surface area contributed by atoms with Gasteiger partial charge < -0.3 is 19.8 Å². The van der Waals surface area contributed by atoms with Crippen LogP contribution in [0.15, 0.2) is 47.1 Å². The number of hydrogen-bond acceptors (Lipinski definition) is 5. The maximum Gasteiger partial charge on any atom is 0.292 e. The minimum atomic E-state index is -0.734. The molecule has 0 atom stereocenters. The summed E-state index contributed by atoms with van der Waals surface area (Å²) in [4.78, 5) is 35.2. The Bertz CT molecular complexity index is 677. The van der Waals surface area contributed by atoms with E-state index in [4.69, 9.17) is 9.15 Å². The average Bonchev–Trinajstić information content (AvgIpc) is 3.12. The fraction of sp³-hybridized carbons (Fsp3) is 0.188. The van der Waals surface area contributed by atoms with E-state index in [0.29, 0.717) is 5.75 Å². The van der Waals surface area contributed by atoms with Crippen LogP contribution < -0.4 is 15.4 Å². The van der Waals surface area contributed by atoms with E-state index in [-0.39, 0.29) is 30.3 Å². The molecule has 0 aliphatic rings. The molecule has 1 aromatic heterocycles. The first kappa shape index (κ1) is 16.3. The molecule has 7 heteroatoms. The Morgan fingerprint density at radius 3 is 2.35 bits per heavy atom. The van der Waals surface area contributed by atoms with Gasteiger partial charge in [0.1, 0.15) is 5.75 Å². The smallest absolute Gasteiger partial charge is 0.292 e. The van der Waals surface area contributed by atoms with Crippen molar-refractivity contribution in [2.75, 3.05) is 20.2 Å². The molecule has 0 aliphatic heterocycles. The van der Waals surface area contributed by atoms with E-state index < -0.39 is 11.7 Å². The zero-order valence-electron chi connectivity index (χ0n) is 12.5. The van der Waals surface area contributed by atoms with Crippen molar-refractivity contribution in [3.63, 3.8) is 0 Å². The van der Waals surface area contributed by atoms with Crippen molar-refractivity contribution >= 4 is 17.6 Å². The van der Waals surface area contributed by atoms with Crippen molar-refractivity contribution in [2.45, 2.75) is 0 Å². The third-order valence-electron chi connectivity index (χ3n) is 3.00. The van der Waals surface area contributed by atoms with Crippen LogP contribution in [0.1, 0.15) is 20.9 Å². The van der Waals surface area contributed by atoms with E-state index in [9.17, 15) is 14.4 Å². The molecule has 0 aliphatic carbocycles. The number of hydrogen-bond donors (Lipinski definition) is 2. The van der Waals surface area contributed by atoms with E-state index in [1.165, 1.54) is 31.6 Å². The molecule has 1 heterocycles. The summed E-state index contributed by atoms with van der Waals surface area (Å²) in [5, 5.41) is 5.00. The van der Waals surface area contributed by atoms with E-state index in [1.807, 2.05) is 0 Å². The third kappa shape index (κ3) is 4.44. The molecule has 0 bridgehead atoms. The van der Waals surface area contributed by atoms with E-state index in [1.54, 1.807) is 18.2 Å². The number of Topliss-reactive ketones (excluding diaryl/α,β-unsaturated/α-hetero) is 1. The minimum absolute atomic E-state index is 0.132. The van der Waals surface area contributed by atoms with Gasteiger partial charge in [0.15, 0.2) is 5.76 Å². The van der Waals surface area contributed by atoms with Crippen molar-refractivity contribution in [1.82, 2.24) is 10.6 Å². The lowest BCUT2D eigenvalue weighted by molar-refractivity contribution is -0.116. The summed E-state index contributed by atoms with van der Waals surface area (Å²) in [5.41, 5.74) is 0.267. The summed E-state index contributed by atoms with van der Waals surface area (Å²) in [6, 6.07) is 9.36. The van der Waals surface area contributed by atoms with Crippen LogP contribution in [0.2, 0.25) is 0 Å². The van der Waals surface area contributed by atoms with Crippen LogP contribution in [-0.4, -0.2) is 37.8 Å². The molecule has 1 aromatic carbocycles. The van der Waals surface area contributed by atoms with E-state index in [2.05, 4.69) is 10.6 Å². The predicted octanol–water partition coefficient (Wildman–Crippen LogP) is 1.02. The monoisotopic (exact) mass is 316 g/mol. The Kier molecular flexibility index (Phi) is 5.51. The molecule has 120 valence electrons. The number of ether oxygens (including phenoxy) is 1. The topological polar surface area (TPSA) is 97.6 Å². The lowest BCUT2D eigenvalue weighted by atomic mass is 10.1. The maximum absolute atomic E-state index is 11.9. The SMILES string of the molecule is COc1ccc(C(=O)C(=O)NCCNC(=O)c2ccco2)cc1. The number of carbonyl (C=O) groups excluding carboxylic acids is 3. The Morgan fingerprint density at radius 1 is 1.04 bits per heavy atom. The van der Waals surface area contributed by atoms with Crippen LogP contribution in [0.5, 0.6) is 5.75 Å². The van der Waals surface area contributed by atoms with Crippen molar-refractivity contribution in [2.24, 2.45) is 0 Å². The number of benzene rings is 1. The number of rotatable bonds is 7. The lowest BCUT2D eigenvalue weighted by Crippen LogP contribution is -2.37. The quantitative estimate of drug-likeness (QED) is 0.451. The van der Waals surface area contributed by atoms with Gasteiger partial charge in [-0.3, -0.25) is 14.4 Å². The van der Waals surface area contributed by atoms with Crippen LogP contribution in [0.4, 0.5) is 0 Å². The summed E-state index contributed by atoms with van der Waals surface area (Å²) in [6.45, 7) is 0.314. The van der Waals surface area contributed by atoms with Crippen LogP contribution in [0, 0.1) is 0 Å². The Labute approximate surface area is 132 Å². The molecule has 0 fully saturated rings. The minimum Gasteiger partial charge on any atom is -0.497 e. The van der Waals surface area contributed by atoms with Gasteiger partial charge in [0.05, 0.1) is 13.4 Å². The summed E-state index contributed by atoms with van der Waals surface area (Å²) in [5.74, 6) is -0.980. The molecule has 2 amide bonds. The summed E-state index contributed by atoms with van der Waals surface area (Å²) in [7, 11) is 1.51. The van der Waals surface area contributed by atoms with Crippen LogP contribution in [0.25, 0.3) is 0 Å². The fourth-order valence-corrected chi connectivity index (χ4v) is 1.80. The molecule has 23 heavy (non-hydrogen) atoms. The van der Waals surface area contributed by atoms with Gasteiger partial charge in [-0.2, -0.15) is 0 Å². The summed E-state index contributed by atoms with van der Waals surface area (Å²) < 4.78 is 9.91. The highest BCUT2D eigenvalue weighted by Crippen LogP contribution is 2.11. The van der Waals surface area contributed by atoms with Crippen molar-refractivity contribution in [3.8, 4) is 5.75 Å². The Hall–Kier alpha value is -3.09. The second kappa shape index (κ2) is 7.79. The second-order valence-electron chi connectivity index (χ2n) is 4.55. The number of ketones is 1. The van der Waals surface area contributed by atoms with Gasteiger partial charge in [0.2, 0.25) is 5.78 Å². The highest BCUT2D eigenvalue weighted by Gasteiger charge is 2.15. The largest absolute Gasteiger partial charge is 0.497 e. The average molecular weight is 316 g/mol. The first-order valence-corrected chi connectivity index (χ1v) is 6.90. The highest BCUT2D eigenvalue weighted by molar-refractivity contribution is 6.42. The first-order chi connectivity index (χ1) is 11.1. The Balaban J connectivity index is 1.75. The zero-order valence-corrected chi connectivity index (χ0v) is 12.5. The first-order valence-electron chi connectivity index (χ1n) is 6.90. The second-order valence-corrected chi connectivity index (χ2v) is 4.55. The van der Waals surface area contributed by atoms with Crippen LogP contribution in [-0.2, 0) is 4.79 Å². The Morgan fingerprint density at radius 2 is 1.74 bits per heavy atom. The highest BCUT2D eigenvalue weighted by atomic mass is 16.5. The van der Waals surface area contributed by atoms with E-state index in [0.717, 1.165) is 0 Å². The van der Waals surface area contributed by atoms with Gasteiger partial charge in [0, 0.05) is 18.7 Å². The molecule has 2 aromatic rings. The zero-order chi connectivity index (χ0) is 16.7. The molecule has 0 spiro atoms. The van der Waals surface area contributed by atoms with Crippen molar-refractivity contribution in [1.29, 1.82) is 0 Å². The van der Waals surface area contributed by atoms with Crippen molar-refractivity contribution in [3.05, 3.63) is 54.0 Å². The molecule has 2 rings (SSSR count). The standard InChI is InChI=1S/C16H16N2O5/c1-22-12-6-4-11(5-7-12)14(19)16(21)18-9-8-17-15(20)13-3-2-10-23-13/h2-7,10H,8-9H2,1H3,(H,17,20)(H,18,21). The number of amides is 2. The third-order valence-corrected chi connectivity index (χ3v) is 3.00. The number of nitrogens with one attached hydrogen (secondary N) is 2. The molecule has 0 saturated heterocycles. The van der Waals surface area contributed by atoms with Gasteiger partial charge >= 0.3 is 0 Å². The van der Waals surface area contributed by atoms with Gasteiger partial charge in [-0.1, -0.05) is 0 Å². The number of carbonyl (C=O) groups is 3. The van der Waals surface area contributed by atoms with E-state index >= 15 is 0 Å². The number of furan rings is 1. The molecule has 0 radical (unpaired) electrons. The molecule has 0 unspecified atom stereocenters. The van der Waals surface area contributed by atoms with Crippen molar-refractivity contribution < 1.29 is 23.5 Å². The normalized spacial score (nSPS) is 9.96. The molecular formula is C16H16N2O5. The van der Waals surface area contributed by atoms with Gasteiger partial charge in [-0.05, 0) is 36.4 Å². The molecule has 0 saturated carbocycles. The lowest BCUT2D eigenvalue weighted by Gasteiger charge is -2.06. The maximum atomic E-state index is 11.9.